The van der Waals surface area contributed by atoms with Crippen molar-refractivity contribution in [1.82, 2.24) is 24.5 Å². The van der Waals surface area contributed by atoms with E-state index in [1.807, 2.05) is 26.8 Å². The molecule has 0 atom stereocenters. The quantitative estimate of drug-likeness (QED) is 0.540. The number of hydrogen-bond acceptors (Lipinski definition) is 6. The first-order valence-corrected chi connectivity index (χ1v) is 12.4. The van der Waals surface area contributed by atoms with Crippen molar-refractivity contribution < 1.29 is 18.7 Å². The molecule has 0 bridgehead atoms. The van der Waals surface area contributed by atoms with Gasteiger partial charge in [0.25, 0.3) is 5.91 Å². The van der Waals surface area contributed by atoms with E-state index < -0.39 is 11.5 Å². The molecule has 2 fully saturated rings. The van der Waals surface area contributed by atoms with Crippen molar-refractivity contribution >= 4 is 17.8 Å². The number of benzene rings is 1. The van der Waals surface area contributed by atoms with Gasteiger partial charge in [-0.25, -0.2) is 13.9 Å². The van der Waals surface area contributed by atoms with Crippen LogP contribution in [-0.4, -0.2) is 55.2 Å². The van der Waals surface area contributed by atoms with Gasteiger partial charge in [0.1, 0.15) is 28.5 Å². The van der Waals surface area contributed by atoms with Crippen molar-refractivity contribution in [1.29, 1.82) is 0 Å². The number of aromatic nitrogens is 4. The molecule has 5 rings (SSSR count). The predicted molar refractivity (Wildman–Crippen MR) is 135 cm³/mol. The minimum atomic E-state index is -0.664. The van der Waals surface area contributed by atoms with Gasteiger partial charge in [0.15, 0.2) is 0 Å². The van der Waals surface area contributed by atoms with Crippen LogP contribution in [0, 0.1) is 11.2 Å². The van der Waals surface area contributed by atoms with Crippen LogP contribution in [0.25, 0.3) is 11.3 Å². The molecule has 1 saturated heterocycles. The Kier molecular flexibility index (Phi) is 5.96. The van der Waals surface area contributed by atoms with Gasteiger partial charge in [0, 0.05) is 24.8 Å². The molecule has 1 saturated carbocycles. The normalized spacial score (nSPS) is 21.3. The van der Waals surface area contributed by atoms with E-state index in [-0.39, 0.29) is 34.7 Å². The van der Waals surface area contributed by atoms with Crippen molar-refractivity contribution in [2.75, 3.05) is 18.8 Å². The molecule has 2 aromatic heterocycles. The Hall–Kier alpha value is -3.89. The highest BCUT2D eigenvalue weighted by Crippen LogP contribution is 2.55. The fraction of sp³-hybridized carbons (Fsp3) is 0.462. The number of hydrogen-bond donors (Lipinski definition) is 2. The van der Waals surface area contributed by atoms with Gasteiger partial charge < -0.3 is 21.1 Å². The third-order valence-corrected chi connectivity index (χ3v) is 7.11. The molecule has 3 heterocycles. The summed E-state index contributed by atoms with van der Waals surface area (Å²) in [7, 11) is 0. The minimum Gasteiger partial charge on any atom is -0.444 e. The van der Waals surface area contributed by atoms with Crippen LogP contribution in [0.5, 0.6) is 0 Å². The number of nitrogen functional groups attached to an aromatic ring is 1. The van der Waals surface area contributed by atoms with Crippen LogP contribution in [0.4, 0.5) is 15.0 Å². The predicted octanol–water partition coefficient (Wildman–Crippen LogP) is 3.58. The summed E-state index contributed by atoms with van der Waals surface area (Å²) in [4.78, 5) is 26.6. The number of halogens is 1. The van der Waals surface area contributed by atoms with Crippen LogP contribution in [0.3, 0.4) is 0 Å². The zero-order valence-corrected chi connectivity index (χ0v) is 21.3. The van der Waals surface area contributed by atoms with Gasteiger partial charge in [-0.3, -0.25) is 9.48 Å². The summed E-state index contributed by atoms with van der Waals surface area (Å²) < 4.78 is 22.4. The second-order valence-electron chi connectivity index (χ2n) is 11.2. The molecule has 196 valence electrons. The number of nitrogens with two attached hydrogens (primary N) is 2. The van der Waals surface area contributed by atoms with Gasteiger partial charge in [0.2, 0.25) is 0 Å². The highest BCUT2D eigenvalue weighted by molar-refractivity contribution is 6.03. The Morgan fingerprint density at radius 2 is 2.03 bits per heavy atom. The lowest BCUT2D eigenvalue weighted by Gasteiger charge is -2.45. The van der Waals surface area contributed by atoms with Crippen molar-refractivity contribution in [3.05, 3.63) is 53.6 Å². The molecule has 1 aromatic carbocycles. The van der Waals surface area contributed by atoms with Crippen LogP contribution in [0.15, 0.2) is 36.7 Å². The molecule has 2 aliphatic rings. The number of nitrogens with zero attached hydrogens (tertiary/aromatic N) is 5. The highest BCUT2D eigenvalue weighted by Gasteiger charge is 2.51. The molecular weight excluding hydrogens is 477 g/mol. The van der Waals surface area contributed by atoms with E-state index in [4.69, 9.17) is 16.2 Å². The van der Waals surface area contributed by atoms with E-state index in [2.05, 4.69) is 10.2 Å². The standard InChI is InChI=1S/C26H32FN7O3/c1-25(2,3)37-24(36)32-8-7-26(15-32)10-19(11-26)34-22(28)20(23(29)35)21(31-34)17-12-30-33(14-17)13-16-5-4-6-18(27)9-16/h4-6,9,12,14,19H,7-8,10-11,13,15,28H2,1-3H3,(H2,29,35)/t19-,26-. The summed E-state index contributed by atoms with van der Waals surface area (Å²) in [5.41, 5.74) is 13.4. The number of rotatable bonds is 5. The third kappa shape index (κ3) is 4.90. The Morgan fingerprint density at radius 3 is 2.70 bits per heavy atom. The fourth-order valence-electron chi connectivity index (χ4n) is 5.43. The maximum atomic E-state index is 13.5. The Labute approximate surface area is 214 Å². The number of carbonyl (C=O) groups excluding carboxylic acids is 2. The van der Waals surface area contributed by atoms with Gasteiger partial charge in [-0.05, 0) is 63.1 Å². The first-order valence-electron chi connectivity index (χ1n) is 12.4. The number of carbonyl (C=O) groups is 2. The summed E-state index contributed by atoms with van der Waals surface area (Å²) in [6.45, 7) is 7.21. The molecule has 37 heavy (non-hydrogen) atoms. The lowest BCUT2D eigenvalue weighted by Crippen LogP contribution is -2.43. The Bertz CT molecular complexity index is 1350. The van der Waals surface area contributed by atoms with E-state index >= 15 is 0 Å². The van der Waals surface area contributed by atoms with Gasteiger partial charge in [0.05, 0.1) is 18.8 Å². The zero-order valence-electron chi connectivity index (χ0n) is 21.3. The van der Waals surface area contributed by atoms with Crippen molar-refractivity contribution in [2.45, 2.75) is 58.2 Å². The topological polar surface area (TPSA) is 134 Å². The Morgan fingerprint density at radius 1 is 1.27 bits per heavy atom. The molecule has 3 aromatic rings. The number of anilines is 1. The summed E-state index contributed by atoms with van der Waals surface area (Å²) in [5, 5.41) is 9.03. The first-order chi connectivity index (χ1) is 17.4. The van der Waals surface area contributed by atoms with Crippen molar-refractivity contribution in [2.24, 2.45) is 11.1 Å². The first kappa shape index (κ1) is 24.8. The van der Waals surface area contributed by atoms with E-state index in [1.165, 1.54) is 12.1 Å². The molecule has 4 N–H and O–H groups in total. The number of ether oxygens (including phenoxy) is 1. The molecule has 0 radical (unpaired) electrons. The average Bonchev–Trinajstić information content (AvgIpc) is 3.48. The van der Waals surface area contributed by atoms with Gasteiger partial charge >= 0.3 is 6.09 Å². The second-order valence-corrected chi connectivity index (χ2v) is 11.2. The zero-order chi connectivity index (χ0) is 26.5. The summed E-state index contributed by atoms with van der Waals surface area (Å²) in [6.07, 6.45) is 5.49. The molecule has 2 amide bonds. The average molecular weight is 510 g/mol. The van der Waals surface area contributed by atoms with Crippen LogP contribution < -0.4 is 11.5 Å². The van der Waals surface area contributed by atoms with Gasteiger partial charge in [-0.2, -0.15) is 10.2 Å². The largest absolute Gasteiger partial charge is 0.444 e. The van der Waals surface area contributed by atoms with E-state index in [0.717, 1.165) is 24.8 Å². The highest BCUT2D eigenvalue weighted by atomic mass is 19.1. The maximum absolute atomic E-state index is 13.5. The molecule has 1 aliphatic heterocycles. The van der Waals surface area contributed by atoms with Crippen molar-refractivity contribution in [3.8, 4) is 11.3 Å². The minimum absolute atomic E-state index is 0.00669. The SMILES string of the molecule is CC(C)(C)OC(=O)N1CC[C@]2(C1)C[C@H](n1nc(-c3cnn(Cc4cccc(F)c4)c3)c(C(N)=O)c1N)C2. The van der Waals surface area contributed by atoms with Crippen LogP contribution in [0.2, 0.25) is 0 Å². The lowest BCUT2D eigenvalue weighted by atomic mass is 9.65. The molecule has 11 heteroatoms. The molecule has 10 nitrogen and oxygen atoms in total. The number of primary amides is 1. The summed E-state index contributed by atoms with van der Waals surface area (Å²) >= 11 is 0. The van der Waals surface area contributed by atoms with Gasteiger partial charge in [-0.1, -0.05) is 12.1 Å². The maximum Gasteiger partial charge on any atom is 0.410 e. The van der Waals surface area contributed by atoms with Gasteiger partial charge in [-0.15, -0.1) is 0 Å². The number of likely N-dealkylation sites (tertiary alicyclic amines) is 1. The Balaban J connectivity index is 1.32. The fourth-order valence-corrected chi connectivity index (χ4v) is 5.43. The molecular formula is C26H32FN7O3. The molecule has 1 aliphatic carbocycles. The number of amides is 2. The lowest BCUT2D eigenvalue weighted by molar-refractivity contribution is 0.0187. The monoisotopic (exact) mass is 509 g/mol. The molecule has 1 spiro atoms. The second kappa shape index (κ2) is 8.89. The third-order valence-electron chi connectivity index (χ3n) is 7.11. The van der Waals surface area contributed by atoms with E-state index in [1.54, 1.807) is 32.7 Å². The molecule has 0 unspecified atom stereocenters. The van der Waals surface area contributed by atoms with Crippen LogP contribution >= 0.6 is 0 Å². The smallest absolute Gasteiger partial charge is 0.410 e. The van der Waals surface area contributed by atoms with E-state index in [9.17, 15) is 14.0 Å². The summed E-state index contributed by atoms with van der Waals surface area (Å²) in [5.74, 6) is -0.757. The van der Waals surface area contributed by atoms with E-state index in [0.29, 0.717) is 30.9 Å². The van der Waals surface area contributed by atoms with Crippen LogP contribution in [-0.2, 0) is 11.3 Å². The van der Waals surface area contributed by atoms with Crippen molar-refractivity contribution in [3.63, 3.8) is 0 Å². The summed E-state index contributed by atoms with van der Waals surface area (Å²) in [6, 6.07) is 6.28. The van der Waals surface area contributed by atoms with Crippen LogP contribution in [0.1, 0.15) is 62.0 Å².